The summed E-state index contributed by atoms with van der Waals surface area (Å²) in [6.45, 7) is 4.32. The van der Waals surface area contributed by atoms with Crippen molar-refractivity contribution in [2.75, 3.05) is 13.7 Å². The van der Waals surface area contributed by atoms with Gasteiger partial charge in [0.05, 0.1) is 12.8 Å². The Morgan fingerprint density at radius 1 is 1.15 bits per heavy atom. The largest absolute Gasteiger partial charge is 0.497 e. The first-order valence-electron chi connectivity index (χ1n) is 8.34. The minimum atomic E-state index is -0.212. The molecule has 1 amide bonds. The van der Waals surface area contributed by atoms with Crippen LogP contribution in [-0.4, -0.2) is 39.7 Å². The topological polar surface area (TPSA) is 92.8 Å². The van der Waals surface area contributed by atoms with Crippen LogP contribution in [0.3, 0.4) is 0 Å². The van der Waals surface area contributed by atoms with Crippen molar-refractivity contribution in [1.82, 2.24) is 25.5 Å². The van der Waals surface area contributed by atoms with E-state index in [9.17, 15) is 4.79 Å². The monoisotopic (exact) mass is 351 g/mol. The molecule has 0 unspecified atom stereocenters. The average molecular weight is 351 g/mol. The third-order valence-corrected chi connectivity index (χ3v) is 3.85. The number of aromatic amines is 1. The molecule has 0 spiro atoms. The molecule has 2 N–H and O–H groups in total. The zero-order chi connectivity index (χ0) is 18.5. The summed E-state index contributed by atoms with van der Waals surface area (Å²) in [5.74, 6) is 1.26. The highest BCUT2D eigenvalue weighted by molar-refractivity contribution is 5.93. The van der Waals surface area contributed by atoms with Crippen LogP contribution in [0.4, 0.5) is 0 Å². The fourth-order valence-electron chi connectivity index (χ4n) is 2.66. The van der Waals surface area contributed by atoms with Gasteiger partial charge >= 0.3 is 0 Å². The quantitative estimate of drug-likeness (QED) is 0.712. The molecule has 0 fully saturated rings. The maximum Gasteiger partial charge on any atom is 0.269 e. The minimum Gasteiger partial charge on any atom is -0.497 e. The Kier molecular flexibility index (Phi) is 5.26. The van der Waals surface area contributed by atoms with E-state index < -0.39 is 0 Å². The number of amides is 1. The van der Waals surface area contributed by atoms with Gasteiger partial charge in [0, 0.05) is 29.9 Å². The van der Waals surface area contributed by atoms with Gasteiger partial charge in [0.2, 0.25) is 0 Å². The van der Waals surface area contributed by atoms with Crippen LogP contribution in [0.5, 0.6) is 5.75 Å². The number of aromatic nitrogens is 4. The van der Waals surface area contributed by atoms with E-state index in [1.54, 1.807) is 13.2 Å². The predicted molar refractivity (Wildman–Crippen MR) is 98.1 cm³/mol. The lowest BCUT2D eigenvalue weighted by Crippen LogP contribution is -2.26. The van der Waals surface area contributed by atoms with Crippen LogP contribution in [0.2, 0.25) is 0 Å². The number of carbonyl (C=O) groups is 1. The molecule has 3 rings (SSSR count). The van der Waals surface area contributed by atoms with E-state index in [1.165, 1.54) is 0 Å². The van der Waals surface area contributed by atoms with Crippen LogP contribution in [0.15, 0.2) is 36.4 Å². The number of methoxy groups -OCH3 is 1. The summed E-state index contributed by atoms with van der Waals surface area (Å²) in [6, 6.07) is 11.2. The van der Waals surface area contributed by atoms with E-state index in [0.29, 0.717) is 24.4 Å². The van der Waals surface area contributed by atoms with Gasteiger partial charge in [-0.1, -0.05) is 12.1 Å². The number of nitrogens with zero attached hydrogens (tertiary/aromatic N) is 3. The van der Waals surface area contributed by atoms with E-state index in [4.69, 9.17) is 4.74 Å². The second kappa shape index (κ2) is 7.77. The lowest BCUT2D eigenvalue weighted by Gasteiger charge is -2.04. The molecule has 0 saturated carbocycles. The molecule has 0 aliphatic rings. The van der Waals surface area contributed by atoms with Crippen molar-refractivity contribution in [2.45, 2.75) is 20.3 Å². The fourth-order valence-corrected chi connectivity index (χ4v) is 2.66. The van der Waals surface area contributed by atoms with Gasteiger partial charge in [0.1, 0.15) is 17.3 Å². The number of carbonyl (C=O) groups excluding carboxylic acids is 1. The van der Waals surface area contributed by atoms with Crippen LogP contribution in [0.25, 0.3) is 11.3 Å². The Bertz CT molecular complexity index is 900. The lowest BCUT2D eigenvalue weighted by molar-refractivity contribution is 0.0949. The molecule has 134 valence electrons. The number of nitrogens with one attached hydrogen (secondary N) is 2. The fraction of sp³-hybridized carbons (Fsp3) is 0.263. The predicted octanol–water partition coefficient (Wildman–Crippen LogP) is 2.46. The molecule has 0 radical (unpaired) electrons. The highest BCUT2D eigenvalue weighted by Gasteiger charge is 2.11. The zero-order valence-corrected chi connectivity index (χ0v) is 15.0. The van der Waals surface area contributed by atoms with Gasteiger partial charge in [0.25, 0.3) is 5.91 Å². The molecule has 1 aromatic carbocycles. The summed E-state index contributed by atoms with van der Waals surface area (Å²) in [7, 11) is 1.61. The Morgan fingerprint density at radius 2 is 1.92 bits per heavy atom. The van der Waals surface area contributed by atoms with Gasteiger partial charge in [-0.15, -0.1) is 0 Å². The molecule has 0 aliphatic carbocycles. The Balaban J connectivity index is 1.61. The summed E-state index contributed by atoms with van der Waals surface area (Å²) >= 11 is 0. The molecule has 2 aromatic heterocycles. The molecule has 7 nitrogen and oxygen atoms in total. The molecule has 0 saturated heterocycles. The van der Waals surface area contributed by atoms with Crippen molar-refractivity contribution in [3.63, 3.8) is 0 Å². The Hall–Kier alpha value is -3.22. The van der Waals surface area contributed by atoms with Gasteiger partial charge < -0.3 is 10.1 Å². The number of rotatable bonds is 6. The second-order valence-electron chi connectivity index (χ2n) is 5.97. The first kappa shape index (κ1) is 17.6. The van der Waals surface area contributed by atoms with Crippen molar-refractivity contribution < 1.29 is 9.53 Å². The first-order chi connectivity index (χ1) is 12.5. The molecule has 3 aromatic rings. The van der Waals surface area contributed by atoms with Crippen molar-refractivity contribution in [2.24, 2.45) is 0 Å². The van der Waals surface area contributed by atoms with E-state index in [2.05, 4.69) is 25.5 Å². The third-order valence-electron chi connectivity index (χ3n) is 3.85. The SMILES string of the molecule is COc1cccc(-c2cc(C(=O)NCCc3nc(C)cc(C)n3)[nH]n2)c1. The first-order valence-corrected chi connectivity index (χ1v) is 8.34. The van der Waals surface area contributed by atoms with Crippen LogP contribution in [-0.2, 0) is 6.42 Å². The van der Waals surface area contributed by atoms with Crippen LogP contribution in [0.1, 0.15) is 27.7 Å². The maximum absolute atomic E-state index is 12.3. The van der Waals surface area contributed by atoms with Crippen LogP contribution in [0, 0.1) is 13.8 Å². The minimum absolute atomic E-state index is 0.212. The lowest BCUT2D eigenvalue weighted by atomic mass is 10.1. The number of benzene rings is 1. The van der Waals surface area contributed by atoms with Gasteiger partial charge in [-0.05, 0) is 38.1 Å². The molecule has 2 heterocycles. The van der Waals surface area contributed by atoms with Crippen molar-refractivity contribution >= 4 is 5.91 Å². The standard InChI is InChI=1S/C19H21N5O2/c1-12-9-13(2)22-18(21-12)7-8-20-19(25)17-11-16(23-24-17)14-5-4-6-15(10-14)26-3/h4-6,9-11H,7-8H2,1-3H3,(H,20,25)(H,23,24). The number of hydrogen-bond donors (Lipinski definition) is 2. The summed E-state index contributed by atoms with van der Waals surface area (Å²) < 4.78 is 5.21. The number of H-pyrrole nitrogens is 1. The molecule has 0 aliphatic heterocycles. The highest BCUT2D eigenvalue weighted by Crippen LogP contribution is 2.22. The van der Waals surface area contributed by atoms with E-state index in [1.807, 2.05) is 44.2 Å². The van der Waals surface area contributed by atoms with Crippen molar-refractivity contribution in [1.29, 1.82) is 0 Å². The molecular formula is C19H21N5O2. The zero-order valence-electron chi connectivity index (χ0n) is 15.0. The number of ether oxygens (including phenoxy) is 1. The molecule has 0 bridgehead atoms. The molecule has 26 heavy (non-hydrogen) atoms. The second-order valence-corrected chi connectivity index (χ2v) is 5.97. The summed E-state index contributed by atoms with van der Waals surface area (Å²) in [6.07, 6.45) is 0.575. The molecule has 7 heteroatoms. The summed E-state index contributed by atoms with van der Waals surface area (Å²) in [5.41, 5.74) is 3.82. The Morgan fingerprint density at radius 3 is 2.65 bits per heavy atom. The smallest absolute Gasteiger partial charge is 0.269 e. The van der Waals surface area contributed by atoms with Gasteiger partial charge in [-0.2, -0.15) is 5.10 Å². The van der Waals surface area contributed by atoms with E-state index >= 15 is 0 Å². The van der Waals surface area contributed by atoms with Crippen molar-refractivity contribution in [3.05, 3.63) is 59.3 Å². The average Bonchev–Trinajstić information content (AvgIpc) is 3.11. The van der Waals surface area contributed by atoms with Crippen molar-refractivity contribution in [3.8, 4) is 17.0 Å². The summed E-state index contributed by atoms with van der Waals surface area (Å²) in [5, 5.41) is 9.84. The highest BCUT2D eigenvalue weighted by atomic mass is 16.5. The normalized spacial score (nSPS) is 10.6. The molecule has 0 atom stereocenters. The van der Waals surface area contributed by atoms with Crippen LogP contribution < -0.4 is 10.1 Å². The van der Waals surface area contributed by atoms with E-state index in [-0.39, 0.29) is 5.91 Å². The number of aryl methyl sites for hydroxylation is 2. The molecular weight excluding hydrogens is 330 g/mol. The number of hydrogen-bond acceptors (Lipinski definition) is 5. The summed E-state index contributed by atoms with van der Waals surface area (Å²) in [4.78, 5) is 21.0. The Labute approximate surface area is 151 Å². The van der Waals surface area contributed by atoms with E-state index in [0.717, 1.165) is 28.5 Å². The van der Waals surface area contributed by atoms with Gasteiger partial charge in [-0.3, -0.25) is 9.89 Å². The van der Waals surface area contributed by atoms with Gasteiger partial charge in [0.15, 0.2) is 0 Å². The maximum atomic E-state index is 12.3. The third kappa shape index (κ3) is 4.24. The van der Waals surface area contributed by atoms with Gasteiger partial charge in [-0.25, -0.2) is 9.97 Å². The van der Waals surface area contributed by atoms with Crippen LogP contribution >= 0.6 is 0 Å².